The molecule has 4 rings (SSSR count). The number of amides is 1. The molecule has 0 saturated heterocycles. The number of carbonyl (C=O) groups is 1. The van der Waals surface area contributed by atoms with E-state index in [0.29, 0.717) is 15.6 Å². The van der Waals surface area contributed by atoms with Gasteiger partial charge in [0, 0.05) is 21.7 Å². The molecule has 0 N–H and O–H groups in total. The van der Waals surface area contributed by atoms with E-state index >= 15 is 0 Å². The van der Waals surface area contributed by atoms with Crippen LogP contribution in [0, 0.1) is 6.92 Å². The first-order valence-electron chi connectivity index (χ1n) is 10.1. The SMILES string of the molecule is Cc1ccc2c(c1)C(C)(c1ccccc1)CC(C)(C)N2C(=O)c1ccc(Cl)cc1Cl. The van der Waals surface area contributed by atoms with Gasteiger partial charge in [0.1, 0.15) is 0 Å². The average Bonchev–Trinajstić information content (AvgIpc) is 2.68. The summed E-state index contributed by atoms with van der Waals surface area (Å²) in [5.74, 6) is -0.109. The van der Waals surface area contributed by atoms with Gasteiger partial charge in [-0.25, -0.2) is 0 Å². The standard InChI is InChI=1S/C26H25Cl2NO/c1-17-10-13-23-21(14-17)26(4,18-8-6-5-7-9-18)16-25(2,3)29(23)24(30)20-12-11-19(27)15-22(20)28/h5-15H,16H2,1-4H3. The second kappa shape index (κ2) is 7.44. The number of anilines is 1. The van der Waals surface area contributed by atoms with Crippen LogP contribution in [0.15, 0.2) is 66.7 Å². The Morgan fingerprint density at radius 1 is 0.933 bits per heavy atom. The number of carbonyl (C=O) groups excluding carboxylic acids is 1. The zero-order chi connectivity index (χ0) is 21.7. The third kappa shape index (κ3) is 3.42. The summed E-state index contributed by atoms with van der Waals surface area (Å²) < 4.78 is 0. The normalized spacial score (nSPS) is 20.0. The number of fused-ring (bicyclic) bond motifs is 1. The van der Waals surface area contributed by atoms with E-state index in [1.807, 2.05) is 11.0 Å². The van der Waals surface area contributed by atoms with Crippen molar-refractivity contribution >= 4 is 34.8 Å². The molecule has 154 valence electrons. The monoisotopic (exact) mass is 437 g/mol. The van der Waals surface area contributed by atoms with E-state index < -0.39 is 5.54 Å². The Balaban J connectivity index is 1.93. The first-order valence-corrected chi connectivity index (χ1v) is 10.9. The van der Waals surface area contributed by atoms with Crippen LogP contribution < -0.4 is 4.90 Å². The Kier molecular flexibility index (Phi) is 5.20. The van der Waals surface area contributed by atoms with Crippen molar-refractivity contribution < 1.29 is 4.79 Å². The second-order valence-electron chi connectivity index (χ2n) is 8.97. The first-order chi connectivity index (χ1) is 14.1. The van der Waals surface area contributed by atoms with Crippen molar-refractivity contribution in [3.8, 4) is 0 Å². The molecule has 1 heterocycles. The molecule has 3 aromatic rings. The van der Waals surface area contributed by atoms with Crippen molar-refractivity contribution in [2.75, 3.05) is 4.90 Å². The lowest BCUT2D eigenvalue weighted by Gasteiger charge is -2.51. The van der Waals surface area contributed by atoms with Crippen molar-refractivity contribution in [1.29, 1.82) is 0 Å². The van der Waals surface area contributed by atoms with Gasteiger partial charge in [0.2, 0.25) is 0 Å². The number of nitrogens with zero attached hydrogens (tertiary/aromatic N) is 1. The van der Waals surface area contributed by atoms with Crippen molar-refractivity contribution in [3.05, 3.63) is 99.0 Å². The van der Waals surface area contributed by atoms with E-state index in [1.165, 1.54) is 11.1 Å². The van der Waals surface area contributed by atoms with Gasteiger partial charge >= 0.3 is 0 Å². The van der Waals surface area contributed by atoms with Crippen molar-refractivity contribution in [3.63, 3.8) is 0 Å². The number of hydrogen-bond acceptors (Lipinski definition) is 1. The molecule has 1 unspecified atom stereocenters. The number of aryl methyl sites for hydroxylation is 1. The van der Waals surface area contributed by atoms with Gasteiger partial charge in [-0.2, -0.15) is 0 Å². The smallest absolute Gasteiger partial charge is 0.260 e. The maximum Gasteiger partial charge on any atom is 0.260 e. The maximum absolute atomic E-state index is 13.7. The highest BCUT2D eigenvalue weighted by Crippen LogP contribution is 2.51. The van der Waals surface area contributed by atoms with Crippen LogP contribution in [0.2, 0.25) is 10.0 Å². The Labute approximate surface area is 188 Å². The lowest BCUT2D eigenvalue weighted by molar-refractivity contribution is 0.0949. The van der Waals surface area contributed by atoms with Crippen molar-refractivity contribution in [2.24, 2.45) is 0 Å². The molecule has 1 aliphatic rings. The van der Waals surface area contributed by atoms with Gasteiger partial charge in [-0.15, -0.1) is 0 Å². The summed E-state index contributed by atoms with van der Waals surface area (Å²) >= 11 is 12.5. The zero-order valence-electron chi connectivity index (χ0n) is 17.7. The highest BCUT2D eigenvalue weighted by Gasteiger charge is 2.48. The quantitative estimate of drug-likeness (QED) is 0.407. The van der Waals surface area contributed by atoms with E-state index in [0.717, 1.165) is 17.7 Å². The lowest BCUT2D eigenvalue weighted by Crippen LogP contribution is -2.56. The predicted octanol–water partition coefficient (Wildman–Crippen LogP) is 7.44. The maximum atomic E-state index is 13.7. The van der Waals surface area contributed by atoms with Gasteiger partial charge in [0.15, 0.2) is 0 Å². The molecule has 30 heavy (non-hydrogen) atoms. The topological polar surface area (TPSA) is 20.3 Å². The second-order valence-corrected chi connectivity index (χ2v) is 9.82. The van der Waals surface area contributed by atoms with E-state index in [4.69, 9.17) is 23.2 Å². The minimum atomic E-state index is -0.424. The molecule has 0 radical (unpaired) electrons. The molecule has 2 nitrogen and oxygen atoms in total. The summed E-state index contributed by atoms with van der Waals surface area (Å²) in [4.78, 5) is 15.6. The fourth-order valence-electron chi connectivity index (χ4n) is 4.88. The summed E-state index contributed by atoms with van der Waals surface area (Å²) in [5.41, 5.74) is 4.34. The molecule has 0 aliphatic carbocycles. The Morgan fingerprint density at radius 3 is 2.30 bits per heavy atom. The van der Waals surface area contributed by atoms with Crippen LogP contribution in [-0.2, 0) is 5.41 Å². The molecule has 3 aromatic carbocycles. The Hall–Kier alpha value is -2.29. The number of benzene rings is 3. The fraction of sp³-hybridized carbons (Fsp3) is 0.269. The van der Waals surface area contributed by atoms with Crippen LogP contribution >= 0.6 is 23.2 Å². The summed E-state index contributed by atoms with van der Waals surface area (Å²) in [6.45, 7) is 8.62. The molecular formula is C26H25Cl2NO. The molecule has 1 atom stereocenters. The minimum absolute atomic E-state index is 0.109. The van der Waals surface area contributed by atoms with E-state index in [9.17, 15) is 4.79 Å². The van der Waals surface area contributed by atoms with Crippen LogP contribution in [0.1, 0.15) is 54.2 Å². The number of hydrogen-bond donors (Lipinski definition) is 0. The van der Waals surface area contributed by atoms with Gasteiger partial charge in [-0.1, -0.05) is 78.2 Å². The molecule has 0 aromatic heterocycles. The molecular weight excluding hydrogens is 413 g/mol. The van der Waals surface area contributed by atoms with Crippen molar-refractivity contribution in [1.82, 2.24) is 0 Å². The fourth-order valence-corrected chi connectivity index (χ4v) is 5.37. The molecule has 1 aliphatic heterocycles. The van der Waals surface area contributed by atoms with Crippen LogP contribution in [-0.4, -0.2) is 11.4 Å². The minimum Gasteiger partial charge on any atom is -0.302 e. The largest absolute Gasteiger partial charge is 0.302 e. The van der Waals surface area contributed by atoms with Gasteiger partial charge in [-0.05, 0) is 62.6 Å². The molecule has 4 heteroatoms. The van der Waals surface area contributed by atoms with E-state index in [-0.39, 0.29) is 11.3 Å². The zero-order valence-corrected chi connectivity index (χ0v) is 19.2. The van der Waals surface area contributed by atoms with Crippen LogP contribution in [0.25, 0.3) is 0 Å². The summed E-state index contributed by atoms with van der Waals surface area (Å²) in [6, 6.07) is 21.9. The van der Waals surface area contributed by atoms with Gasteiger partial charge in [0.25, 0.3) is 5.91 Å². The van der Waals surface area contributed by atoms with Crippen LogP contribution in [0.3, 0.4) is 0 Å². The van der Waals surface area contributed by atoms with E-state index in [1.54, 1.807) is 18.2 Å². The van der Waals surface area contributed by atoms with Crippen LogP contribution in [0.4, 0.5) is 5.69 Å². The van der Waals surface area contributed by atoms with Gasteiger partial charge in [-0.3, -0.25) is 4.79 Å². The highest BCUT2D eigenvalue weighted by atomic mass is 35.5. The predicted molar refractivity (Wildman–Crippen MR) is 126 cm³/mol. The highest BCUT2D eigenvalue weighted by molar-refractivity contribution is 6.37. The van der Waals surface area contributed by atoms with E-state index in [2.05, 4.69) is 70.2 Å². The molecule has 0 saturated carbocycles. The average molecular weight is 438 g/mol. The third-order valence-corrected chi connectivity index (χ3v) is 6.70. The van der Waals surface area contributed by atoms with Gasteiger partial charge < -0.3 is 4.90 Å². The Bertz CT molecular complexity index is 1120. The molecule has 0 bridgehead atoms. The summed E-state index contributed by atoms with van der Waals surface area (Å²) in [7, 11) is 0. The third-order valence-electron chi connectivity index (χ3n) is 6.15. The summed E-state index contributed by atoms with van der Waals surface area (Å²) in [6.07, 6.45) is 0.789. The van der Waals surface area contributed by atoms with Crippen LogP contribution in [0.5, 0.6) is 0 Å². The lowest BCUT2D eigenvalue weighted by atomic mass is 9.65. The van der Waals surface area contributed by atoms with Gasteiger partial charge in [0.05, 0.1) is 10.6 Å². The van der Waals surface area contributed by atoms with Crippen molar-refractivity contribution in [2.45, 2.75) is 45.1 Å². The molecule has 0 fully saturated rings. The number of halogens is 2. The first kappa shape index (κ1) is 21.0. The molecule has 1 amide bonds. The summed E-state index contributed by atoms with van der Waals surface area (Å²) in [5, 5.41) is 0.885. The number of rotatable bonds is 2. The Morgan fingerprint density at radius 2 is 1.63 bits per heavy atom. The molecule has 0 spiro atoms.